The van der Waals surface area contributed by atoms with Crippen LogP contribution < -0.4 is 14.8 Å². The standard InChI is InChI=1S/C21H22N4O3/c1-25-9-8-22-20(25)19(15-5-3-7-16(11-15)27-2)24-21(26)17-12-14-6-4-10-28-18(14)13-23-17/h3,5,7-9,11-13,19H,4,6,10H2,1-2H3,(H,24,26)/t19-/m1/s1. The Hall–Kier alpha value is -3.35. The normalized spacial score (nSPS) is 13.9. The fraction of sp³-hybridized carbons (Fsp3) is 0.286. The maximum absolute atomic E-state index is 13.0. The van der Waals surface area contributed by atoms with Gasteiger partial charge in [-0.3, -0.25) is 4.79 Å². The summed E-state index contributed by atoms with van der Waals surface area (Å²) in [6.07, 6.45) is 7.02. The summed E-state index contributed by atoms with van der Waals surface area (Å²) in [4.78, 5) is 21.7. The molecule has 0 spiro atoms. The number of aryl methyl sites for hydroxylation is 2. The number of methoxy groups -OCH3 is 1. The molecule has 0 aliphatic carbocycles. The predicted octanol–water partition coefficient (Wildman–Crippen LogP) is 2.67. The monoisotopic (exact) mass is 378 g/mol. The molecule has 7 heteroatoms. The second-order valence-electron chi connectivity index (χ2n) is 6.71. The number of imidazole rings is 1. The lowest BCUT2D eigenvalue weighted by atomic mass is 10.0. The summed E-state index contributed by atoms with van der Waals surface area (Å²) in [5.41, 5.74) is 2.26. The Morgan fingerprint density at radius 1 is 1.32 bits per heavy atom. The van der Waals surface area contributed by atoms with Gasteiger partial charge in [-0.25, -0.2) is 9.97 Å². The van der Waals surface area contributed by atoms with E-state index in [-0.39, 0.29) is 5.91 Å². The average Bonchev–Trinajstić information content (AvgIpc) is 3.17. The zero-order chi connectivity index (χ0) is 19.5. The minimum Gasteiger partial charge on any atom is -0.497 e. The third kappa shape index (κ3) is 3.55. The van der Waals surface area contributed by atoms with Crippen molar-refractivity contribution in [1.82, 2.24) is 19.9 Å². The Labute approximate surface area is 163 Å². The van der Waals surface area contributed by atoms with Gasteiger partial charge >= 0.3 is 0 Å². The molecular weight excluding hydrogens is 356 g/mol. The van der Waals surface area contributed by atoms with Gasteiger partial charge in [-0.15, -0.1) is 0 Å². The summed E-state index contributed by atoms with van der Waals surface area (Å²) in [7, 11) is 3.52. The zero-order valence-electron chi connectivity index (χ0n) is 15.9. The number of rotatable bonds is 5. The van der Waals surface area contributed by atoms with Crippen LogP contribution in [0, 0.1) is 0 Å². The lowest BCUT2D eigenvalue weighted by Gasteiger charge is -2.21. The Bertz CT molecular complexity index is 999. The molecule has 3 aromatic rings. The van der Waals surface area contributed by atoms with Gasteiger partial charge in [0.25, 0.3) is 5.91 Å². The molecule has 1 atom stereocenters. The highest BCUT2D eigenvalue weighted by atomic mass is 16.5. The highest BCUT2D eigenvalue weighted by Gasteiger charge is 2.23. The van der Waals surface area contributed by atoms with Crippen LogP contribution in [0.5, 0.6) is 11.5 Å². The summed E-state index contributed by atoms with van der Waals surface area (Å²) in [5.74, 6) is 1.94. The van der Waals surface area contributed by atoms with E-state index in [0.29, 0.717) is 12.3 Å². The highest BCUT2D eigenvalue weighted by molar-refractivity contribution is 5.93. The Kier molecular flexibility index (Phi) is 4.97. The SMILES string of the molecule is COc1cccc([C@@H](NC(=O)c2cc3c(cn2)OCCC3)c2nccn2C)c1. The number of amides is 1. The van der Waals surface area contributed by atoms with Gasteiger partial charge < -0.3 is 19.4 Å². The summed E-state index contributed by atoms with van der Waals surface area (Å²) in [6, 6.07) is 8.97. The maximum Gasteiger partial charge on any atom is 0.270 e. The van der Waals surface area contributed by atoms with Gasteiger partial charge in [0, 0.05) is 19.4 Å². The number of fused-ring (bicyclic) bond motifs is 1. The lowest BCUT2D eigenvalue weighted by molar-refractivity contribution is 0.0935. The van der Waals surface area contributed by atoms with Crippen LogP contribution in [-0.4, -0.2) is 34.2 Å². The number of benzene rings is 1. The molecule has 0 radical (unpaired) electrons. The summed E-state index contributed by atoms with van der Waals surface area (Å²) in [6.45, 7) is 0.692. The van der Waals surface area contributed by atoms with Crippen molar-refractivity contribution in [3.8, 4) is 11.5 Å². The third-order valence-electron chi connectivity index (χ3n) is 4.85. The summed E-state index contributed by atoms with van der Waals surface area (Å²) >= 11 is 0. The van der Waals surface area contributed by atoms with E-state index in [9.17, 15) is 4.79 Å². The van der Waals surface area contributed by atoms with Gasteiger partial charge in [-0.05, 0) is 42.2 Å². The second kappa shape index (κ2) is 7.72. The predicted molar refractivity (Wildman–Crippen MR) is 104 cm³/mol. The molecule has 1 amide bonds. The van der Waals surface area contributed by atoms with Crippen molar-refractivity contribution in [2.75, 3.05) is 13.7 Å². The van der Waals surface area contributed by atoms with E-state index in [1.165, 1.54) is 0 Å². The van der Waals surface area contributed by atoms with Crippen molar-refractivity contribution >= 4 is 5.91 Å². The zero-order valence-corrected chi connectivity index (χ0v) is 15.9. The minimum atomic E-state index is -0.434. The fourth-order valence-corrected chi connectivity index (χ4v) is 3.36. The fourth-order valence-electron chi connectivity index (χ4n) is 3.36. The van der Waals surface area contributed by atoms with Crippen LogP contribution in [0.3, 0.4) is 0 Å². The van der Waals surface area contributed by atoms with Crippen molar-refractivity contribution in [2.45, 2.75) is 18.9 Å². The first-order valence-electron chi connectivity index (χ1n) is 9.19. The molecule has 4 rings (SSSR count). The van der Waals surface area contributed by atoms with Crippen molar-refractivity contribution in [3.63, 3.8) is 0 Å². The van der Waals surface area contributed by atoms with Crippen LogP contribution in [0.4, 0.5) is 0 Å². The highest BCUT2D eigenvalue weighted by Crippen LogP contribution is 2.26. The molecule has 0 saturated carbocycles. The van der Waals surface area contributed by atoms with Gasteiger partial charge in [0.05, 0.1) is 19.9 Å². The molecule has 0 unspecified atom stereocenters. The van der Waals surface area contributed by atoms with Gasteiger partial charge in [-0.1, -0.05) is 12.1 Å². The van der Waals surface area contributed by atoms with Crippen LogP contribution in [0.2, 0.25) is 0 Å². The van der Waals surface area contributed by atoms with Gasteiger partial charge in [0.2, 0.25) is 0 Å². The van der Waals surface area contributed by atoms with Crippen LogP contribution in [-0.2, 0) is 13.5 Å². The molecule has 0 bridgehead atoms. The molecule has 2 aromatic heterocycles. The van der Waals surface area contributed by atoms with Crippen LogP contribution >= 0.6 is 0 Å². The smallest absolute Gasteiger partial charge is 0.270 e. The number of ether oxygens (including phenoxy) is 2. The molecule has 1 N–H and O–H groups in total. The molecule has 28 heavy (non-hydrogen) atoms. The molecule has 1 aromatic carbocycles. The van der Waals surface area contributed by atoms with Crippen LogP contribution in [0.1, 0.15) is 39.9 Å². The van der Waals surface area contributed by atoms with Crippen molar-refractivity contribution in [3.05, 3.63) is 71.6 Å². The molecule has 144 valence electrons. The average molecular weight is 378 g/mol. The molecular formula is C21H22N4O3. The largest absolute Gasteiger partial charge is 0.497 e. The van der Waals surface area contributed by atoms with E-state index in [2.05, 4.69) is 15.3 Å². The van der Waals surface area contributed by atoms with E-state index in [1.807, 2.05) is 48.1 Å². The molecule has 0 fully saturated rings. The van der Waals surface area contributed by atoms with E-state index < -0.39 is 6.04 Å². The molecule has 1 aliphatic rings. The Morgan fingerprint density at radius 2 is 2.21 bits per heavy atom. The number of hydrogen-bond acceptors (Lipinski definition) is 5. The molecule has 3 heterocycles. The van der Waals surface area contributed by atoms with Crippen molar-refractivity contribution < 1.29 is 14.3 Å². The number of carbonyl (C=O) groups is 1. The van der Waals surface area contributed by atoms with Gasteiger partial charge in [0.1, 0.15) is 29.1 Å². The number of pyridine rings is 1. The van der Waals surface area contributed by atoms with Gasteiger partial charge in [-0.2, -0.15) is 0 Å². The first kappa shape index (κ1) is 18.0. The van der Waals surface area contributed by atoms with Crippen LogP contribution in [0.15, 0.2) is 48.9 Å². The molecule has 7 nitrogen and oxygen atoms in total. The second-order valence-corrected chi connectivity index (χ2v) is 6.71. The number of aromatic nitrogens is 3. The summed E-state index contributed by atoms with van der Waals surface area (Å²) < 4.78 is 12.8. The number of carbonyl (C=O) groups excluding carboxylic acids is 1. The minimum absolute atomic E-state index is 0.260. The maximum atomic E-state index is 13.0. The first-order chi connectivity index (χ1) is 13.7. The van der Waals surface area contributed by atoms with E-state index in [0.717, 1.165) is 41.3 Å². The van der Waals surface area contributed by atoms with Crippen LogP contribution in [0.25, 0.3) is 0 Å². The number of nitrogens with one attached hydrogen (secondary N) is 1. The van der Waals surface area contributed by atoms with E-state index in [4.69, 9.17) is 9.47 Å². The van der Waals surface area contributed by atoms with Gasteiger partial charge in [0.15, 0.2) is 0 Å². The quantitative estimate of drug-likeness (QED) is 0.739. The molecule has 1 aliphatic heterocycles. The van der Waals surface area contributed by atoms with E-state index in [1.54, 1.807) is 19.5 Å². The number of hydrogen-bond donors (Lipinski definition) is 1. The van der Waals surface area contributed by atoms with E-state index >= 15 is 0 Å². The Balaban J connectivity index is 1.66. The topological polar surface area (TPSA) is 78.3 Å². The Morgan fingerprint density at radius 3 is 3.00 bits per heavy atom. The summed E-state index contributed by atoms with van der Waals surface area (Å²) in [5, 5.41) is 3.07. The van der Waals surface area contributed by atoms with Crippen molar-refractivity contribution in [2.24, 2.45) is 7.05 Å². The third-order valence-corrected chi connectivity index (χ3v) is 4.85. The number of nitrogens with zero attached hydrogens (tertiary/aromatic N) is 3. The first-order valence-corrected chi connectivity index (χ1v) is 9.19. The lowest BCUT2D eigenvalue weighted by Crippen LogP contribution is -2.32. The molecule has 0 saturated heterocycles. The van der Waals surface area contributed by atoms with Crippen molar-refractivity contribution in [1.29, 1.82) is 0 Å².